The highest BCUT2D eigenvalue weighted by atomic mass is 19.1. The molecule has 154 valence electrons. The van der Waals surface area contributed by atoms with E-state index >= 15 is 0 Å². The van der Waals surface area contributed by atoms with E-state index in [9.17, 15) is 18.4 Å². The number of rotatable bonds is 5. The molecule has 0 saturated heterocycles. The van der Waals surface area contributed by atoms with E-state index in [1.165, 1.54) is 43.4 Å². The zero-order chi connectivity index (χ0) is 21.7. The van der Waals surface area contributed by atoms with Gasteiger partial charge in [0.1, 0.15) is 11.6 Å². The van der Waals surface area contributed by atoms with Gasteiger partial charge in [-0.3, -0.25) is 14.7 Å². The molecular weight excluding hydrogens is 392 g/mol. The van der Waals surface area contributed by atoms with Crippen LogP contribution in [0.2, 0.25) is 0 Å². The van der Waals surface area contributed by atoms with Gasteiger partial charge in [-0.25, -0.2) is 13.6 Å². The van der Waals surface area contributed by atoms with Gasteiger partial charge in [-0.15, -0.1) is 0 Å². The van der Waals surface area contributed by atoms with E-state index in [1.807, 2.05) is 0 Å². The van der Waals surface area contributed by atoms with Gasteiger partial charge in [0.25, 0.3) is 0 Å². The average Bonchev–Trinajstić information content (AvgIpc) is 2.71. The van der Waals surface area contributed by atoms with Crippen LogP contribution < -0.4 is 10.1 Å². The summed E-state index contributed by atoms with van der Waals surface area (Å²) >= 11 is 0. The second-order valence-electron chi connectivity index (χ2n) is 6.57. The number of carbonyl (C=O) groups excluding carboxylic acids is 2. The first kappa shape index (κ1) is 20.9. The van der Waals surface area contributed by atoms with Crippen LogP contribution in [-0.4, -0.2) is 28.9 Å². The molecule has 0 fully saturated rings. The minimum atomic E-state index is -0.722. The number of nitrogens with zero attached hydrogens (tertiary/aromatic N) is 2. The first-order valence-electron chi connectivity index (χ1n) is 9.04. The van der Waals surface area contributed by atoms with Crippen LogP contribution in [0.25, 0.3) is 0 Å². The zero-order valence-corrected chi connectivity index (χ0v) is 16.4. The van der Waals surface area contributed by atoms with Gasteiger partial charge in [-0.2, -0.15) is 0 Å². The Morgan fingerprint density at radius 1 is 1.07 bits per heavy atom. The quantitative estimate of drug-likeness (QED) is 0.661. The van der Waals surface area contributed by atoms with Crippen LogP contribution in [0.1, 0.15) is 11.3 Å². The molecule has 0 saturated carbocycles. The second-order valence-corrected chi connectivity index (χ2v) is 6.57. The molecule has 0 aliphatic heterocycles. The number of aromatic nitrogens is 1. The van der Waals surface area contributed by atoms with Crippen LogP contribution in [0.5, 0.6) is 11.5 Å². The summed E-state index contributed by atoms with van der Waals surface area (Å²) in [5, 5.41) is 2.46. The molecule has 6 nitrogen and oxygen atoms in total. The maximum atomic E-state index is 14.4. The number of imide groups is 1. The summed E-state index contributed by atoms with van der Waals surface area (Å²) in [6.45, 7) is 1.79. The molecule has 0 unspecified atom stereocenters. The summed E-state index contributed by atoms with van der Waals surface area (Å²) < 4.78 is 32.8. The summed E-state index contributed by atoms with van der Waals surface area (Å²) in [4.78, 5) is 29.5. The summed E-state index contributed by atoms with van der Waals surface area (Å²) in [6.07, 6.45) is 1.48. The lowest BCUT2D eigenvalue weighted by Gasteiger charge is -2.17. The van der Waals surface area contributed by atoms with Crippen molar-refractivity contribution >= 4 is 17.6 Å². The topological polar surface area (TPSA) is 71.5 Å². The van der Waals surface area contributed by atoms with E-state index in [-0.39, 0.29) is 17.9 Å². The molecule has 2 aromatic carbocycles. The third-order valence-corrected chi connectivity index (χ3v) is 4.23. The number of carbonyl (C=O) groups is 2. The Labute approximate surface area is 172 Å². The number of halogens is 2. The molecule has 8 heteroatoms. The van der Waals surface area contributed by atoms with Crippen LogP contribution in [0.15, 0.2) is 60.8 Å². The Balaban J connectivity index is 1.62. The summed E-state index contributed by atoms with van der Waals surface area (Å²) in [6, 6.07) is 11.9. The van der Waals surface area contributed by atoms with E-state index in [0.29, 0.717) is 11.3 Å². The molecule has 0 aliphatic rings. The van der Waals surface area contributed by atoms with Gasteiger partial charge in [-0.1, -0.05) is 12.1 Å². The van der Waals surface area contributed by atoms with E-state index in [0.717, 1.165) is 16.7 Å². The largest absolute Gasteiger partial charge is 0.454 e. The maximum absolute atomic E-state index is 14.4. The van der Waals surface area contributed by atoms with Crippen molar-refractivity contribution in [2.24, 2.45) is 0 Å². The minimum Gasteiger partial charge on any atom is -0.454 e. The Kier molecular flexibility index (Phi) is 6.36. The third kappa shape index (κ3) is 5.38. The second kappa shape index (κ2) is 9.13. The highest BCUT2D eigenvalue weighted by molar-refractivity contribution is 6.01. The van der Waals surface area contributed by atoms with Crippen molar-refractivity contribution in [2.75, 3.05) is 12.4 Å². The fourth-order valence-corrected chi connectivity index (χ4v) is 2.59. The van der Waals surface area contributed by atoms with Crippen LogP contribution in [0, 0.1) is 18.6 Å². The van der Waals surface area contributed by atoms with Crippen molar-refractivity contribution in [3.05, 3.63) is 83.7 Å². The monoisotopic (exact) mass is 411 g/mol. The number of ether oxygens (including phenoxy) is 1. The average molecular weight is 411 g/mol. The highest BCUT2D eigenvalue weighted by Gasteiger charge is 2.18. The van der Waals surface area contributed by atoms with Gasteiger partial charge in [0.2, 0.25) is 5.91 Å². The standard InChI is InChI=1S/C22H19F2N3O3/c1-14-11-18(9-10-25-14)30-20-8-7-17(13-19(20)24)26-22(29)27(2)21(28)12-15-3-5-16(23)6-4-15/h3-11,13H,12H2,1-2H3,(H,26,29). The van der Waals surface area contributed by atoms with Crippen molar-refractivity contribution in [3.8, 4) is 11.5 Å². The molecule has 0 bridgehead atoms. The Morgan fingerprint density at radius 3 is 2.47 bits per heavy atom. The zero-order valence-electron chi connectivity index (χ0n) is 16.4. The van der Waals surface area contributed by atoms with Crippen molar-refractivity contribution in [3.63, 3.8) is 0 Å². The minimum absolute atomic E-state index is 0.0145. The van der Waals surface area contributed by atoms with Gasteiger partial charge in [0.05, 0.1) is 6.42 Å². The molecule has 1 heterocycles. The molecule has 3 aromatic rings. The van der Waals surface area contributed by atoms with E-state index in [2.05, 4.69) is 10.3 Å². The molecule has 1 N–H and O–H groups in total. The number of benzene rings is 2. The number of hydrogen-bond acceptors (Lipinski definition) is 4. The maximum Gasteiger partial charge on any atom is 0.328 e. The molecule has 1 aromatic heterocycles. The molecule has 0 spiro atoms. The lowest BCUT2D eigenvalue weighted by atomic mass is 10.1. The number of likely N-dealkylation sites (N-methyl/N-ethyl adjacent to an activating group) is 1. The highest BCUT2D eigenvalue weighted by Crippen LogP contribution is 2.27. The SMILES string of the molecule is Cc1cc(Oc2ccc(NC(=O)N(C)C(=O)Cc3ccc(F)cc3)cc2F)ccn1. The van der Waals surface area contributed by atoms with Crippen molar-refractivity contribution in [2.45, 2.75) is 13.3 Å². The molecule has 30 heavy (non-hydrogen) atoms. The fraction of sp³-hybridized carbons (Fsp3) is 0.136. The van der Waals surface area contributed by atoms with Crippen LogP contribution in [0.4, 0.5) is 19.3 Å². The van der Waals surface area contributed by atoms with E-state index < -0.39 is 23.6 Å². The first-order chi connectivity index (χ1) is 14.3. The van der Waals surface area contributed by atoms with Gasteiger partial charge in [-0.05, 0) is 42.8 Å². The van der Waals surface area contributed by atoms with E-state index in [1.54, 1.807) is 25.3 Å². The molecular formula is C22H19F2N3O3. The fourth-order valence-electron chi connectivity index (χ4n) is 2.59. The Bertz CT molecular complexity index is 1070. The van der Waals surface area contributed by atoms with Gasteiger partial charge in [0, 0.05) is 36.8 Å². The molecule has 0 aliphatic carbocycles. The molecule has 0 atom stereocenters. The van der Waals surface area contributed by atoms with Gasteiger partial charge in [0.15, 0.2) is 11.6 Å². The van der Waals surface area contributed by atoms with Crippen LogP contribution in [0.3, 0.4) is 0 Å². The predicted octanol–water partition coefficient (Wildman–Crippen LogP) is 4.69. The normalized spacial score (nSPS) is 10.4. The predicted molar refractivity (Wildman–Crippen MR) is 107 cm³/mol. The van der Waals surface area contributed by atoms with Crippen LogP contribution >= 0.6 is 0 Å². The number of urea groups is 1. The number of anilines is 1. The molecule has 3 rings (SSSR count). The van der Waals surface area contributed by atoms with E-state index in [4.69, 9.17) is 4.74 Å². The summed E-state index contributed by atoms with van der Waals surface area (Å²) in [5.74, 6) is -1.16. The number of pyridine rings is 1. The molecule has 3 amide bonds. The van der Waals surface area contributed by atoms with Gasteiger partial charge >= 0.3 is 6.03 Å². The Hall–Kier alpha value is -3.81. The van der Waals surface area contributed by atoms with Crippen molar-refractivity contribution < 1.29 is 23.1 Å². The van der Waals surface area contributed by atoms with Gasteiger partial charge < -0.3 is 10.1 Å². The Morgan fingerprint density at radius 2 is 1.80 bits per heavy atom. The number of aryl methyl sites for hydroxylation is 1. The number of hydrogen-bond donors (Lipinski definition) is 1. The first-order valence-corrected chi connectivity index (χ1v) is 9.04. The van der Waals surface area contributed by atoms with Crippen LogP contribution in [-0.2, 0) is 11.2 Å². The van der Waals surface area contributed by atoms with Crippen molar-refractivity contribution in [1.82, 2.24) is 9.88 Å². The third-order valence-electron chi connectivity index (χ3n) is 4.23. The lowest BCUT2D eigenvalue weighted by molar-refractivity contribution is -0.126. The summed E-state index contributed by atoms with van der Waals surface area (Å²) in [5.41, 5.74) is 1.46. The van der Waals surface area contributed by atoms with Crippen molar-refractivity contribution in [1.29, 1.82) is 0 Å². The molecule has 0 radical (unpaired) electrons. The number of amides is 3. The number of nitrogens with one attached hydrogen (secondary N) is 1. The summed E-state index contributed by atoms with van der Waals surface area (Å²) in [7, 11) is 1.31. The smallest absolute Gasteiger partial charge is 0.328 e. The lowest BCUT2D eigenvalue weighted by Crippen LogP contribution is -2.37.